The van der Waals surface area contributed by atoms with Gasteiger partial charge in [0.25, 0.3) is 17.5 Å². The number of thiophene rings is 1. The molecule has 11 heteroatoms. The van der Waals surface area contributed by atoms with E-state index in [1.165, 1.54) is 12.1 Å². The first-order valence-corrected chi connectivity index (χ1v) is 11.1. The van der Waals surface area contributed by atoms with Crippen LogP contribution in [0.15, 0.2) is 18.2 Å². The van der Waals surface area contributed by atoms with Crippen LogP contribution in [0.3, 0.4) is 0 Å². The minimum absolute atomic E-state index is 0.0455. The molecule has 9 nitrogen and oxygen atoms in total. The number of anilines is 1. The summed E-state index contributed by atoms with van der Waals surface area (Å²) in [6.45, 7) is 9.56. The maximum Gasteiger partial charge on any atom is 0.341 e. The number of nitro groups is 1. The van der Waals surface area contributed by atoms with Gasteiger partial charge in [0, 0.05) is 24.2 Å². The molecule has 1 heterocycles. The fourth-order valence-corrected chi connectivity index (χ4v) is 4.32. The van der Waals surface area contributed by atoms with Gasteiger partial charge < -0.3 is 15.0 Å². The lowest BCUT2D eigenvalue weighted by atomic mass is 10.1. The Kier molecular flexibility index (Phi) is 8.34. The topological polar surface area (TPSA) is 119 Å². The SMILES string of the molecule is CCN(CC)C(=O)c1sc(NC(=O)c2ccc(Cl)cc2[N+](=O)[O-])c(C(=O)OC(C)C)c1C. The number of benzene rings is 1. The van der Waals surface area contributed by atoms with E-state index in [1.54, 1.807) is 25.7 Å². The molecule has 0 saturated carbocycles. The summed E-state index contributed by atoms with van der Waals surface area (Å²) in [6, 6.07) is 3.65. The minimum Gasteiger partial charge on any atom is -0.459 e. The average Bonchev–Trinajstić information content (AvgIpc) is 3.03. The van der Waals surface area contributed by atoms with Gasteiger partial charge in [0.2, 0.25) is 0 Å². The maximum absolute atomic E-state index is 12.9. The van der Waals surface area contributed by atoms with E-state index < -0.39 is 28.6 Å². The number of amides is 2. The predicted molar refractivity (Wildman–Crippen MR) is 123 cm³/mol. The lowest BCUT2D eigenvalue weighted by Gasteiger charge is -2.18. The number of esters is 1. The number of halogens is 1. The van der Waals surface area contributed by atoms with Gasteiger partial charge in [-0.3, -0.25) is 19.7 Å². The van der Waals surface area contributed by atoms with E-state index in [0.29, 0.717) is 18.7 Å². The zero-order valence-electron chi connectivity index (χ0n) is 18.4. The van der Waals surface area contributed by atoms with Crippen molar-refractivity contribution in [2.75, 3.05) is 18.4 Å². The Balaban J connectivity index is 2.56. The van der Waals surface area contributed by atoms with Gasteiger partial charge >= 0.3 is 5.97 Å². The second-order valence-electron chi connectivity index (χ2n) is 7.06. The molecule has 0 spiro atoms. The van der Waals surface area contributed by atoms with Crippen molar-refractivity contribution in [3.8, 4) is 0 Å². The van der Waals surface area contributed by atoms with Crippen molar-refractivity contribution in [2.45, 2.75) is 40.7 Å². The fraction of sp³-hybridized carbons (Fsp3) is 0.381. The Labute approximate surface area is 194 Å². The van der Waals surface area contributed by atoms with Crippen LogP contribution in [0.25, 0.3) is 0 Å². The summed E-state index contributed by atoms with van der Waals surface area (Å²) in [5.41, 5.74) is -0.290. The number of carbonyl (C=O) groups is 3. The highest BCUT2D eigenvalue weighted by Gasteiger charge is 2.30. The highest BCUT2D eigenvalue weighted by molar-refractivity contribution is 7.18. The molecule has 0 saturated heterocycles. The molecule has 1 aromatic carbocycles. The van der Waals surface area contributed by atoms with Gasteiger partial charge in [-0.1, -0.05) is 11.6 Å². The summed E-state index contributed by atoms with van der Waals surface area (Å²) in [4.78, 5) is 51.1. The molecule has 2 rings (SSSR count). The third-order valence-corrected chi connectivity index (χ3v) is 6.00. The lowest BCUT2D eigenvalue weighted by Crippen LogP contribution is -2.30. The van der Waals surface area contributed by atoms with E-state index in [9.17, 15) is 24.5 Å². The first kappa shape index (κ1) is 25.3. The van der Waals surface area contributed by atoms with Crippen molar-refractivity contribution in [1.29, 1.82) is 0 Å². The van der Waals surface area contributed by atoms with Gasteiger partial charge in [0.05, 0.1) is 21.5 Å². The van der Waals surface area contributed by atoms with Crippen molar-refractivity contribution in [3.05, 3.63) is 54.9 Å². The van der Waals surface area contributed by atoms with Crippen molar-refractivity contribution in [2.24, 2.45) is 0 Å². The zero-order valence-corrected chi connectivity index (χ0v) is 19.9. The first-order valence-electron chi connectivity index (χ1n) is 9.90. The monoisotopic (exact) mass is 481 g/mol. The number of hydrogen-bond acceptors (Lipinski definition) is 7. The Morgan fingerprint density at radius 1 is 1.25 bits per heavy atom. The van der Waals surface area contributed by atoms with Gasteiger partial charge in [-0.2, -0.15) is 0 Å². The van der Waals surface area contributed by atoms with Crippen LogP contribution < -0.4 is 5.32 Å². The maximum atomic E-state index is 12.9. The summed E-state index contributed by atoms with van der Waals surface area (Å²) >= 11 is 6.75. The average molecular weight is 482 g/mol. The highest BCUT2D eigenvalue weighted by atomic mass is 35.5. The molecular weight excluding hydrogens is 458 g/mol. The smallest absolute Gasteiger partial charge is 0.341 e. The van der Waals surface area contributed by atoms with Crippen LogP contribution in [0.2, 0.25) is 5.02 Å². The third kappa shape index (κ3) is 5.43. The van der Waals surface area contributed by atoms with E-state index in [1.807, 2.05) is 13.8 Å². The van der Waals surface area contributed by atoms with Crippen molar-refractivity contribution in [3.63, 3.8) is 0 Å². The van der Waals surface area contributed by atoms with Crippen LogP contribution >= 0.6 is 22.9 Å². The quantitative estimate of drug-likeness (QED) is 0.325. The molecule has 0 atom stereocenters. The molecule has 0 bridgehead atoms. The van der Waals surface area contributed by atoms with Crippen LogP contribution in [0.1, 0.15) is 63.6 Å². The molecule has 0 aliphatic carbocycles. The van der Waals surface area contributed by atoms with E-state index in [2.05, 4.69) is 5.32 Å². The Morgan fingerprint density at radius 3 is 2.41 bits per heavy atom. The fourth-order valence-electron chi connectivity index (χ4n) is 3.00. The minimum atomic E-state index is -0.810. The first-order chi connectivity index (χ1) is 15.0. The van der Waals surface area contributed by atoms with Crippen LogP contribution in [-0.2, 0) is 4.74 Å². The molecule has 1 N–H and O–H groups in total. The number of rotatable bonds is 8. The number of hydrogen-bond donors (Lipinski definition) is 1. The number of ether oxygens (including phenoxy) is 1. The summed E-state index contributed by atoms with van der Waals surface area (Å²) in [5.74, 6) is -1.79. The normalized spacial score (nSPS) is 10.7. The van der Waals surface area contributed by atoms with Crippen LogP contribution in [0.4, 0.5) is 10.7 Å². The molecule has 0 aliphatic rings. The standard InChI is InChI=1S/C21H24ClN3O6S/c1-6-24(7-2)20(27)17-12(5)16(21(28)31-11(3)4)19(32-17)23-18(26)14-9-8-13(22)10-15(14)25(29)30/h8-11H,6-7H2,1-5H3,(H,23,26). The number of carbonyl (C=O) groups excluding carboxylic acids is 3. The molecule has 0 radical (unpaired) electrons. The molecule has 2 amide bonds. The molecule has 0 unspecified atom stereocenters. The number of nitro benzene ring substituents is 1. The summed E-state index contributed by atoms with van der Waals surface area (Å²) in [5, 5.41) is 14.1. The van der Waals surface area contributed by atoms with Crippen LogP contribution in [0, 0.1) is 17.0 Å². The summed E-state index contributed by atoms with van der Waals surface area (Å²) in [7, 11) is 0. The highest BCUT2D eigenvalue weighted by Crippen LogP contribution is 2.36. The van der Waals surface area contributed by atoms with Gasteiger partial charge in [-0.15, -0.1) is 11.3 Å². The Hall–Kier alpha value is -2.98. The number of nitrogens with one attached hydrogen (secondary N) is 1. The molecular formula is C21H24ClN3O6S. The molecule has 0 fully saturated rings. The van der Waals surface area contributed by atoms with E-state index in [0.717, 1.165) is 17.4 Å². The van der Waals surface area contributed by atoms with Gasteiger partial charge in [-0.05, 0) is 52.3 Å². The summed E-state index contributed by atoms with van der Waals surface area (Å²) < 4.78 is 5.29. The van der Waals surface area contributed by atoms with E-state index in [4.69, 9.17) is 16.3 Å². The number of nitrogens with zero attached hydrogens (tertiary/aromatic N) is 2. The molecule has 172 valence electrons. The molecule has 2 aromatic rings. The van der Waals surface area contributed by atoms with Crippen LogP contribution in [-0.4, -0.2) is 46.8 Å². The summed E-state index contributed by atoms with van der Waals surface area (Å²) in [6.07, 6.45) is -0.426. The Bertz CT molecular complexity index is 1060. The van der Waals surface area contributed by atoms with Gasteiger partial charge in [0.1, 0.15) is 10.6 Å². The van der Waals surface area contributed by atoms with Crippen LogP contribution in [0.5, 0.6) is 0 Å². The van der Waals surface area contributed by atoms with Gasteiger partial charge in [-0.25, -0.2) is 4.79 Å². The van der Waals surface area contributed by atoms with Crippen molar-refractivity contribution in [1.82, 2.24) is 4.90 Å². The van der Waals surface area contributed by atoms with E-state index in [-0.39, 0.29) is 31.9 Å². The zero-order chi connectivity index (χ0) is 24.2. The second-order valence-corrected chi connectivity index (χ2v) is 8.52. The Morgan fingerprint density at radius 2 is 1.88 bits per heavy atom. The molecule has 32 heavy (non-hydrogen) atoms. The van der Waals surface area contributed by atoms with Crippen molar-refractivity contribution >= 4 is 51.4 Å². The van der Waals surface area contributed by atoms with Crippen molar-refractivity contribution < 1.29 is 24.0 Å². The van der Waals surface area contributed by atoms with Gasteiger partial charge in [0.15, 0.2) is 0 Å². The van der Waals surface area contributed by atoms with E-state index >= 15 is 0 Å². The molecule has 0 aliphatic heterocycles. The predicted octanol–water partition coefficient (Wildman–Crippen LogP) is 4.92. The largest absolute Gasteiger partial charge is 0.459 e. The second kappa shape index (κ2) is 10.6. The lowest BCUT2D eigenvalue weighted by molar-refractivity contribution is -0.385. The third-order valence-electron chi connectivity index (χ3n) is 4.57. The molecule has 1 aromatic heterocycles.